The molecule has 4 fully saturated rings. The van der Waals surface area contributed by atoms with E-state index in [0.717, 1.165) is 32.1 Å². The number of fused-ring (bicyclic) bond motifs is 1. The number of amides is 3. The second kappa shape index (κ2) is 16.5. The first-order valence-corrected chi connectivity index (χ1v) is 19.4. The van der Waals surface area contributed by atoms with E-state index < -0.39 is 66.3 Å². The first-order chi connectivity index (χ1) is 25.2. The Morgan fingerprint density at radius 1 is 1.06 bits per heavy atom. The van der Waals surface area contributed by atoms with Crippen molar-refractivity contribution in [2.45, 2.75) is 105 Å². The number of hydrogen-bond acceptors (Lipinski definition) is 7. The molecular formula is C41H50BrN3O7. The van der Waals surface area contributed by atoms with Gasteiger partial charge in [0.05, 0.1) is 36.6 Å². The Bertz CT molecular complexity index is 1620. The van der Waals surface area contributed by atoms with Crippen molar-refractivity contribution in [2.75, 3.05) is 13.2 Å². The average Bonchev–Trinajstić information content (AvgIpc) is 3.76. The second-order valence-electron chi connectivity index (χ2n) is 14.5. The average molecular weight is 777 g/mol. The predicted octanol–water partition coefficient (Wildman–Crippen LogP) is 5.57. The van der Waals surface area contributed by atoms with Crippen molar-refractivity contribution < 1.29 is 33.8 Å². The maximum atomic E-state index is 15.1. The topological polar surface area (TPSA) is 125 Å². The van der Waals surface area contributed by atoms with E-state index in [2.05, 4.69) is 34.4 Å². The van der Waals surface area contributed by atoms with E-state index in [0.29, 0.717) is 30.5 Å². The minimum absolute atomic E-state index is 0.0232. The van der Waals surface area contributed by atoms with E-state index in [-0.39, 0.29) is 29.1 Å². The predicted molar refractivity (Wildman–Crippen MR) is 200 cm³/mol. The SMILES string of the molecule is C=CCCC(=O)N[C@@H](C)[C@H](OC(=O)[C@@H]1[C@H]2O[C@@]3(CC2Br)[C@H](C(=O)N(CC=C)C2CCCCC2)N([C@H](CO)c2ccccc2)C(=O)[C@@H]13)c1ccccc1. The minimum atomic E-state index is -1.35. The highest BCUT2D eigenvalue weighted by Gasteiger charge is 2.78. The van der Waals surface area contributed by atoms with Crippen LogP contribution < -0.4 is 5.32 Å². The molecule has 3 heterocycles. The number of nitrogens with one attached hydrogen (secondary N) is 1. The lowest BCUT2D eigenvalue weighted by Crippen LogP contribution is -2.59. The van der Waals surface area contributed by atoms with Gasteiger partial charge in [0.15, 0.2) is 0 Å². The van der Waals surface area contributed by atoms with Crippen molar-refractivity contribution in [3.05, 3.63) is 97.1 Å². The number of rotatable bonds is 15. The number of benzene rings is 2. The van der Waals surface area contributed by atoms with Crippen LogP contribution in [0.2, 0.25) is 0 Å². The molecule has 3 aliphatic heterocycles. The van der Waals surface area contributed by atoms with Crippen LogP contribution in [0, 0.1) is 11.8 Å². The van der Waals surface area contributed by atoms with Crippen LogP contribution in [0.1, 0.15) is 81.6 Å². The monoisotopic (exact) mass is 775 g/mol. The highest BCUT2D eigenvalue weighted by molar-refractivity contribution is 9.09. The number of carbonyl (C=O) groups is 4. The van der Waals surface area contributed by atoms with Crippen LogP contribution in [0.25, 0.3) is 0 Å². The van der Waals surface area contributed by atoms with Crippen molar-refractivity contribution in [1.82, 2.24) is 15.1 Å². The van der Waals surface area contributed by atoms with E-state index in [9.17, 15) is 14.7 Å². The fourth-order valence-electron chi connectivity index (χ4n) is 9.03. The number of hydrogen-bond donors (Lipinski definition) is 2. The van der Waals surface area contributed by atoms with Gasteiger partial charge < -0.3 is 29.7 Å². The van der Waals surface area contributed by atoms with Gasteiger partial charge in [0.1, 0.15) is 17.7 Å². The van der Waals surface area contributed by atoms with E-state index in [1.165, 1.54) is 4.90 Å². The second-order valence-corrected chi connectivity index (χ2v) is 15.7. The Morgan fingerprint density at radius 2 is 1.71 bits per heavy atom. The van der Waals surface area contributed by atoms with Gasteiger partial charge in [-0.1, -0.05) is 108 Å². The first kappa shape index (κ1) is 37.9. The molecular weight excluding hydrogens is 726 g/mol. The van der Waals surface area contributed by atoms with E-state index in [1.54, 1.807) is 19.1 Å². The maximum absolute atomic E-state index is 15.1. The summed E-state index contributed by atoms with van der Waals surface area (Å²) in [5.41, 5.74) is 0.0142. The van der Waals surface area contributed by atoms with Crippen LogP contribution in [0.15, 0.2) is 86.0 Å². The Kier molecular flexibility index (Phi) is 12.0. The van der Waals surface area contributed by atoms with Gasteiger partial charge in [-0.3, -0.25) is 19.2 Å². The number of allylic oxidation sites excluding steroid dienone is 1. The lowest BCUT2D eigenvalue weighted by molar-refractivity contribution is -0.162. The smallest absolute Gasteiger partial charge is 0.313 e. The summed E-state index contributed by atoms with van der Waals surface area (Å²) in [6, 6.07) is 15.8. The molecule has 3 amide bonds. The number of halogens is 1. The van der Waals surface area contributed by atoms with Gasteiger partial charge in [-0.15, -0.1) is 13.2 Å². The standard InChI is InChI=1S/C41H50BrN3O7/c1-4-6-22-32(47)43-26(3)35(28-18-12-8-13-19-28)51-40(50)33-34-38(48)45(31(25-46)27-16-10-7-11-17-27)37(41(34)24-30(42)36(33)52-41)39(49)44(23-5-2)29-20-14-9-15-21-29/h4-5,7-8,10-13,16-19,26,29-31,33-37,46H,1-2,6,9,14-15,20-25H2,3H3,(H,43,47)/t26-,30?,31+,33-,34+,35-,36-,37-,41+/m0/s1. The summed E-state index contributed by atoms with van der Waals surface area (Å²) in [6.45, 7) is 9.31. The Hall–Kier alpha value is -3.80. The Labute approximate surface area is 314 Å². The third-order valence-electron chi connectivity index (χ3n) is 11.3. The number of likely N-dealkylation sites (tertiary alicyclic amines) is 1. The van der Waals surface area contributed by atoms with Crippen molar-refractivity contribution in [3.8, 4) is 0 Å². The van der Waals surface area contributed by atoms with Crippen molar-refractivity contribution in [1.29, 1.82) is 0 Å². The van der Waals surface area contributed by atoms with Crippen LogP contribution in [-0.4, -0.2) is 86.4 Å². The summed E-state index contributed by atoms with van der Waals surface area (Å²) in [7, 11) is 0. The van der Waals surface area contributed by atoms with Crippen LogP contribution in [-0.2, 0) is 28.7 Å². The fourth-order valence-corrected chi connectivity index (χ4v) is 9.97. The maximum Gasteiger partial charge on any atom is 0.313 e. The molecule has 6 rings (SSSR count). The molecule has 2 N–H and O–H groups in total. The summed E-state index contributed by atoms with van der Waals surface area (Å²) >= 11 is 3.77. The largest absolute Gasteiger partial charge is 0.455 e. The molecule has 4 aliphatic rings. The summed E-state index contributed by atoms with van der Waals surface area (Å²) in [5, 5.41) is 13.9. The summed E-state index contributed by atoms with van der Waals surface area (Å²) in [5.74, 6) is -3.60. The zero-order valence-electron chi connectivity index (χ0n) is 29.8. The molecule has 9 atom stereocenters. The molecule has 3 saturated heterocycles. The Balaban J connectivity index is 1.39. The van der Waals surface area contributed by atoms with E-state index in [1.807, 2.05) is 65.6 Å². The molecule has 52 heavy (non-hydrogen) atoms. The quantitative estimate of drug-likeness (QED) is 0.138. The number of carbonyl (C=O) groups excluding carboxylic acids is 4. The molecule has 2 aromatic carbocycles. The lowest BCUT2D eigenvalue weighted by Gasteiger charge is -2.42. The van der Waals surface area contributed by atoms with Crippen molar-refractivity contribution in [3.63, 3.8) is 0 Å². The van der Waals surface area contributed by atoms with Gasteiger partial charge in [-0.05, 0) is 43.7 Å². The highest BCUT2D eigenvalue weighted by atomic mass is 79.9. The van der Waals surface area contributed by atoms with E-state index >= 15 is 9.59 Å². The number of aliphatic hydroxyl groups excluding tert-OH is 1. The molecule has 10 nitrogen and oxygen atoms in total. The molecule has 278 valence electrons. The van der Waals surface area contributed by atoms with Crippen LogP contribution in [0.4, 0.5) is 0 Å². The third kappa shape index (κ3) is 7.11. The number of alkyl halides is 1. The van der Waals surface area contributed by atoms with Gasteiger partial charge in [0.2, 0.25) is 17.7 Å². The van der Waals surface area contributed by atoms with Crippen LogP contribution in [0.5, 0.6) is 0 Å². The number of nitrogens with zero attached hydrogens (tertiary/aromatic N) is 2. The van der Waals surface area contributed by atoms with Crippen molar-refractivity contribution >= 4 is 39.6 Å². The fraction of sp³-hybridized carbons (Fsp3) is 0.512. The minimum Gasteiger partial charge on any atom is -0.455 e. The molecule has 1 saturated carbocycles. The molecule has 1 aliphatic carbocycles. The summed E-state index contributed by atoms with van der Waals surface area (Å²) in [6.07, 6.45) is 7.67. The molecule has 0 aromatic heterocycles. The number of esters is 1. The lowest BCUT2D eigenvalue weighted by atomic mass is 9.70. The van der Waals surface area contributed by atoms with E-state index in [4.69, 9.17) is 9.47 Å². The molecule has 2 aromatic rings. The van der Waals surface area contributed by atoms with Gasteiger partial charge in [-0.25, -0.2) is 0 Å². The van der Waals surface area contributed by atoms with Gasteiger partial charge in [-0.2, -0.15) is 0 Å². The zero-order chi connectivity index (χ0) is 37.0. The zero-order valence-corrected chi connectivity index (χ0v) is 31.4. The third-order valence-corrected chi connectivity index (χ3v) is 12.2. The number of aliphatic hydroxyl groups is 1. The first-order valence-electron chi connectivity index (χ1n) is 18.5. The molecule has 11 heteroatoms. The summed E-state index contributed by atoms with van der Waals surface area (Å²) < 4.78 is 13.1. The molecule has 1 unspecified atom stereocenters. The molecule has 1 spiro atoms. The van der Waals surface area contributed by atoms with Crippen molar-refractivity contribution in [2.24, 2.45) is 11.8 Å². The van der Waals surface area contributed by atoms with Gasteiger partial charge in [0.25, 0.3) is 0 Å². The normalized spacial score (nSPS) is 28.4. The molecule has 2 bridgehead atoms. The van der Waals surface area contributed by atoms with Crippen LogP contribution >= 0.6 is 15.9 Å². The summed E-state index contributed by atoms with van der Waals surface area (Å²) in [4.78, 5) is 60.5. The highest BCUT2D eigenvalue weighted by Crippen LogP contribution is 2.61. The number of ether oxygens (including phenoxy) is 2. The molecule has 0 radical (unpaired) electrons. The van der Waals surface area contributed by atoms with Gasteiger partial charge in [0, 0.05) is 23.8 Å². The Morgan fingerprint density at radius 3 is 2.33 bits per heavy atom. The van der Waals surface area contributed by atoms with Crippen LogP contribution in [0.3, 0.4) is 0 Å². The van der Waals surface area contributed by atoms with Gasteiger partial charge >= 0.3 is 5.97 Å².